The molecule has 1 rings (SSSR count). The first-order valence-electron chi connectivity index (χ1n) is 6.93. The number of nitrogens with one attached hydrogen (secondary N) is 1. The van der Waals surface area contributed by atoms with Crippen molar-refractivity contribution < 1.29 is 4.79 Å². The molecule has 1 N–H and O–H groups in total. The molecule has 0 radical (unpaired) electrons. The molecule has 0 aliphatic carbocycles. The minimum absolute atomic E-state index is 0.0179. The highest BCUT2D eigenvalue weighted by atomic mass is 16.1. The van der Waals surface area contributed by atoms with E-state index in [1.54, 1.807) is 0 Å². The highest BCUT2D eigenvalue weighted by molar-refractivity contribution is 5.84. The summed E-state index contributed by atoms with van der Waals surface area (Å²) in [6.07, 6.45) is 9.08. The van der Waals surface area contributed by atoms with E-state index in [4.69, 9.17) is 0 Å². The summed E-state index contributed by atoms with van der Waals surface area (Å²) in [6, 6.07) is 0. The van der Waals surface area contributed by atoms with E-state index in [0.29, 0.717) is 5.78 Å². The standard InChI is InChI=1S/C14H27NO/c1-3-4-5-6-7-8-13(16)14(2)9-11-15-12-10-14/h15H,3-12H2,1-2H3. The van der Waals surface area contributed by atoms with Crippen LogP contribution in [0.15, 0.2) is 0 Å². The maximum Gasteiger partial charge on any atom is 0.138 e. The lowest BCUT2D eigenvalue weighted by atomic mass is 9.76. The van der Waals surface area contributed by atoms with Crippen LogP contribution in [0, 0.1) is 5.41 Å². The van der Waals surface area contributed by atoms with Gasteiger partial charge in [-0.2, -0.15) is 0 Å². The van der Waals surface area contributed by atoms with Crippen LogP contribution in [0.3, 0.4) is 0 Å². The SMILES string of the molecule is CCCCCCCC(=O)C1(C)CCNCC1. The van der Waals surface area contributed by atoms with Crippen LogP contribution in [-0.4, -0.2) is 18.9 Å². The Morgan fingerprint density at radius 3 is 2.38 bits per heavy atom. The van der Waals surface area contributed by atoms with Crippen LogP contribution in [0.5, 0.6) is 0 Å². The van der Waals surface area contributed by atoms with Gasteiger partial charge in [-0.1, -0.05) is 39.5 Å². The van der Waals surface area contributed by atoms with Crippen molar-refractivity contribution >= 4 is 5.78 Å². The van der Waals surface area contributed by atoms with Crippen molar-refractivity contribution in [3.05, 3.63) is 0 Å². The molecular weight excluding hydrogens is 198 g/mol. The predicted octanol–water partition coefficient (Wildman–Crippen LogP) is 3.31. The number of rotatable bonds is 7. The average molecular weight is 225 g/mol. The number of hydrogen-bond donors (Lipinski definition) is 1. The van der Waals surface area contributed by atoms with Crippen LogP contribution in [0.25, 0.3) is 0 Å². The molecule has 0 bridgehead atoms. The third-order valence-electron chi connectivity index (χ3n) is 3.89. The summed E-state index contributed by atoms with van der Waals surface area (Å²) in [5, 5.41) is 3.33. The molecule has 94 valence electrons. The first-order chi connectivity index (χ1) is 7.69. The fourth-order valence-electron chi connectivity index (χ4n) is 2.45. The van der Waals surface area contributed by atoms with Gasteiger partial charge in [0.25, 0.3) is 0 Å². The third kappa shape index (κ3) is 4.25. The average Bonchev–Trinajstić information content (AvgIpc) is 2.29. The summed E-state index contributed by atoms with van der Waals surface area (Å²) < 4.78 is 0. The predicted molar refractivity (Wildman–Crippen MR) is 68.6 cm³/mol. The summed E-state index contributed by atoms with van der Waals surface area (Å²) in [4.78, 5) is 12.1. The Kier molecular flexibility index (Phi) is 6.04. The smallest absolute Gasteiger partial charge is 0.138 e. The highest BCUT2D eigenvalue weighted by Gasteiger charge is 2.33. The molecule has 0 unspecified atom stereocenters. The largest absolute Gasteiger partial charge is 0.317 e. The Balaban J connectivity index is 2.18. The molecule has 0 spiro atoms. The van der Waals surface area contributed by atoms with Gasteiger partial charge in [0, 0.05) is 11.8 Å². The number of hydrogen-bond acceptors (Lipinski definition) is 2. The Hall–Kier alpha value is -0.370. The summed E-state index contributed by atoms with van der Waals surface area (Å²) in [6.45, 7) is 6.40. The minimum atomic E-state index is -0.0179. The normalized spacial score (nSPS) is 19.6. The zero-order valence-electron chi connectivity index (χ0n) is 11.0. The summed E-state index contributed by atoms with van der Waals surface area (Å²) in [5.74, 6) is 0.505. The Labute approximate surface area is 100 Å². The summed E-state index contributed by atoms with van der Waals surface area (Å²) in [7, 11) is 0. The van der Waals surface area contributed by atoms with Crippen molar-refractivity contribution in [1.82, 2.24) is 5.32 Å². The van der Waals surface area contributed by atoms with Gasteiger partial charge in [0.1, 0.15) is 5.78 Å². The number of carbonyl (C=O) groups excluding carboxylic acids is 1. The lowest BCUT2D eigenvalue weighted by Gasteiger charge is -2.32. The molecule has 2 nitrogen and oxygen atoms in total. The van der Waals surface area contributed by atoms with E-state index in [1.807, 2.05) is 0 Å². The van der Waals surface area contributed by atoms with Gasteiger partial charge in [0.15, 0.2) is 0 Å². The van der Waals surface area contributed by atoms with Crippen molar-refractivity contribution in [2.24, 2.45) is 5.41 Å². The quantitative estimate of drug-likeness (QED) is 0.674. The molecule has 16 heavy (non-hydrogen) atoms. The van der Waals surface area contributed by atoms with E-state index in [9.17, 15) is 4.79 Å². The second-order valence-corrected chi connectivity index (χ2v) is 5.40. The monoisotopic (exact) mass is 225 g/mol. The van der Waals surface area contributed by atoms with Gasteiger partial charge in [0.2, 0.25) is 0 Å². The van der Waals surface area contributed by atoms with Crippen molar-refractivity contribution in [2.45, 2.75) is 65.2 Å². The van der Waals surface area contributed by atoms with E-state index in [2.05, 4.69) is 19.2 Å². The fourth-order valence-corrected chi connectivity index (χ4v) is 2.45. The molecule has 0 saturated carbocycles. The lowest BCUT2D eigenvalue weighted by molar-refractivity contribution is -0.129. The zero-order valence-corrected chi connectivity index (χ0v) is 11.0. The van der Waals surface area contributed by atoms with Gasteiger partial charge in [-0.3, -0.25) is 4.79 Å². The van der Waals surface area contributed by atoms with E-state index in [1.165, 1.54) is 25.7 Å². The van der Waals surface area contributed by atoms with Crippen LogP contribution in [0.1, 0.15) is 65.2 Å². The Morgan fingerprint density at radius 2 is 1.75 bits per heavy atom. The van der Waals surface area contributed by atoms with Gasteiger partial charge in [-0.05, 0) is 32.4 Å². The summed E-state index contributed by atoms with van der Waals surface area (Å²) >= 11 is 0. The molecule has 1 saturated heterocycles. The van der Waals surface area contributed by atoms with Crippen molar-refractivity contribution in [2.75, 3.05) is 13.1 Å². The molecule has 0 aromatic heterocycles. The van der Waals surface area contributed by atoms with Crippen LogP contribution in [0.2, 0.25) is 0 Å². The number of carbonyl (C=O) groups is 1. The first kappa shape index (κ1) is 13.7. The molecule has 1 aliphatic rings. The highest BCUT2D eigenvalue weighted by Crippen LogP contribution is 2.30. The van der Waals surface area contributed by atoms with Crippen molar-refractivity contribution in [3.63, 3.8) is 0 Å². The Bertz CT molecular complexity index is 207. The van der Waals surface area contributed by atoms with E-state index in [-0.39, 0.29) is 5.41 Å². The van der Waals surface area contributed by atoms with Gasteiger partial charge in [-0.25, -0.2) is 0 Å². The van der Waals surface area contributed by atoms with E-state index >= 15 is 0 Å². The zero-order chi connectivity index (χ0) is 11.9. The maximum absolute atomic E-state index is 12.1. The topological polar surface area (TPSA) is 29.1 Å². The first-order valence-corrected chi connectivity index (χ1v) is 6.93. The van der Waals surface area contributed by atoms with Gasteiger partial charge in [-0.15, -0.1) is 0 Å². The van der Waals surface area contributed by atoms with Gasteiger partial charge in [0.05, 0.1) is 0 Å². The third-order valence-corrected chi connectivity index (χ3v) is 3.89. The van der Waals surface area contributed by atoms with Crippen molar-refractivity contribution in [1.29, 1.82) is 0 Å². The molecule has 1 fully saturated rings. The lowest BCUT2D eigenvalue weighted by Crippen LogP contribution is -2.39. The maximum atomic E-state index is 12.1. The number of unbranched alkanes of at least 4 members (excludes halogenated alkanes) is 4. The van der Waals surface area contributed by atoms with Crippen LogP contribution in [0.4, 0.5) is 0 Å². The molecule has 1 aliphatic heterocycles. The minimum Gasteiger partial charge on any atom is -0.317 e. The molecule has 2 heteroatoms. The molecule has 1 heterocycles. The second kappa shape index (κ2) is 7.05. The van der Waals surface area contributed by atoms with Gasteiger partial charge < -0.3 is 5.32 Å². The molecule has 0 amide bonds. The van der Waals surface area contributed by atoms with Crippen LogP contribution >= 0.6 is 0 Å². The number of ketones is 1. The molecular formula is C14H27NO. The Morgan fingerprint density at radius 1 is 1.12 bits per heavy atom. The second-order valence-electron chi connectivity index (χ2n) is 5.40. The molecule has 0 atom stereocenters. The van der Waals surface area contributed by atoms with Gasteiger partial charge >= 0.3 is 0 Å². The fraction of sp³-hybridized carbons (Fsp3) is 0.929. The van der Waals surface area contributed by atoms with E-state index < -0.39 is 0 Å². The number of piperidine rings is 1. The molecule has 0 aromatic carbocycles. The molecule has 0 aromatic rings. The number of Topliss-reactive ketones (excluding diaryl/α,β-unsaturated/α-hetero) is 1. The summed E-state index contributed by atoms with van der Waals surface area (Å²) in [5.41, 5.74) is -0.0179. The van der Waals surface area contributed by atoms with Crippen LogP contribution in [-0.2, 0) is 4.79 Å². The van der Waals surface area contributed by atoms with Crippen molar-refractivity contribution in [3.8, 4) is 0 Å². The van der Waals surface area contributed by atoms with Crippen LogP contribution < -0.4 is 5.32 Å². The van der Waals surface area contributed by atoms with E-state index in [0.717, 1.165) is 38.8 Å².